The second-order valence-electron chi connectivity index (χ2n) is 16.0. The predicted octanol–water partition coefficient (Wildman–Crippen LogP) is -2.05. The monoisotopic (exact) mass is 768 g/mol. The van der Waals surface area contributed by atoms with E-state index in [9.17, 15) is 54.6 Å². The molecule has 5 fully saturated rings. The van der Waals surface area contributed by atoms with Gasteiger partial charge in [-0.25, -0.2) is 14.4 Å². The van der Waals surface area contributed by atoms with Crippen LogP contribution in [0.4, 0.5) is 0 Å². The van der Waals surface area contributed by atoms with E-state index in [1.807, 2.05) is 0 Å². The number of carbonyl (C=O) groups excluding carboxylic acids is 5. The van der Waals surface area contributed by atoms with Crippen LogP contribution < -0.4 is 0 Å². The molecule has 16 atom stereocenters. The lowest BCUT2D eigenvalue weighted by atomic mass is 9.38. The van der Waals surface area contributed by atoms with Crippen LogP contribution in [0.2, 0.25) is 0 Å². The van der Waals surface area contributed by atoms with Gasteiger partial charge in [0.1, 0.15) is 42.2 Å². The highest BCUT2D eigenvalue weighted by atomic mass is 16.7. The largest absolute Gasteiger partial charge is 0.467 e. The van der Waals surface area contributed by atoms with E-state index < -0.39 is 144 Å². The van der Waals surface area contributed by atoms with Crippen molar-refractivity contribution in [3.63, 3.8) is 0 Å². The minimum absolute atomic E-state index is 0.00828. The number of hydrogen-bond donors (Lipinski definition) is 6. The average molecular weight is 769 g/mol. The van der Waals surface area contributed by atoms with Gasteiger partial charge < -0.3 is 63.8 Å². The normalized spacial score (nSPS) is 45.6. The van der Waals surface area contributed by atoms with E-state index in [0.717, 1.165) is 13.2 Å². The molecule has 0 amide bonds. The van der Waals surface area contributed by atoms with Crippen molar-refractivity contribution in [3.05, 3.63) is 23.5 Å². The summed E-state index contributed by atoms with van der Waals surface area (Å²) < 4.78 is 39.7. The molecule has 18 heteroatoms. The van der Waals surface area contributed by atoms with Crippen molar-refractivity contribution in [2.45, 2.75) is 114 Å². The number of carbonyl (C=O) groups is 5. The van der Waals surface area contributed by atoms with E-state index in [1.165, 1.54) is 33.8 Å². The van der Waals surface area contributed by atoms with Gasteiger partial charge >= 0.3 is 23.9 Å². The van der Waals surface area contributed by atoms with Crippen molar-refractivity contribution in [2.24, 2.45) is 34.5 Å². The maximum Gasteiger partial charge on any atom is 0.348 e. The fourth-order valence-corrected chi connectivity index (χ4v) is 10.1. The van der Waals surface area contributed by atoms with E-state index in [2.05, 4.69) is 0 Å². The van der Waals surface area contributed by atoms with E-state index >= 15 is 0 Å². The summed E-state index contributed by atoms with van der Waals surface area (Å²) in [4.78, 5) is 66.7. The van der Waals surface area contributed by atoms with E-state index in [1.54, 1.807) is 13.8 Å². The van der Waals surface area contributed by atoms with Crippen LogP contribution in [0.5, 0.6) is 0 Å². The second kappa shape index (κ2) is 13.6. The summed E-state index contributed by atoms with van der Waals surface area (Å²) >= 11 is 0. The molecule has 3 heterocycles. The van der Waals surface area contributed by atoms with Crippen LogP contribution in [0.3, 0.4) is 0 Å². The SMILES string of the molecule is COC(=O)[C@@]12OC[C@]34[C@H]([C@@H](O)[C@@H]1O)[C@@]1(C)C=C(O[C@@H]5O[C@H](CO)[C@@H](O)[C@H](O)[C@H]5O)C(=O)[C@@H](C)[C@@H]1C[C@H]3OC(=O)[C@H](OC(=O)C=C(C)C(C)(C)OC(C)=O)[C@@H]24. The molecule has 3 aliphatic carbocycles. The molecule has 0 aromatic carbocycles. The van der Waals surface area contributed by atoms with Crippen molar-refractivity contribution >= 4 is 29.7 Å². The van der Waals surface area contributed by atoms with Crippen LogP contribution in [-0.2, 0) is 57.1 Å². The standard InChI is InChI=1S/C36H48O18/c1-13(33(4,5)54-15(3)38)8-20(39)53-26-28-35-12-49-36(28,32(47)48-7)29(45)25(44)27(35)34(6)10-17(21(40)14(2)16(34)9-19(35)52-30(26)46)50-31-24(43)23(42)22(41)18(11-37)51-31/h8,10,14,16,18-19,22-29,31,37,41-45H,9,11-12H2,1-7H3/t14-,16-,18+,19+,22+,23-,24+,25+,26+,27+,28+,29-,31+,34-,35+,36-/m0/s1. The van der Waals surface area contributed by atoms with Gasteiger partial charge in [-0.05, 0) is 50.2 Å². The first-order valence-electron chi connectivity index (χ1n) is 17.8. The first-order chi connectivity index (χ1) is 25.1. The summed E-state index contributed by atoms with van der Waals surface area (Å²) in [6.45, 7) is 7.89. The van der Waals surface area contributed by atoms with Crippen molar-refractivity contribution < 1.29 is 87.8 Å². The molecule has 1 spiro atoms. The Morgan fingerprint density at radius 3 is 2.30 bits per heavy atom. The van der Waals surface area contributed by atoms with E-state index in [-0.39, 0.29) is 17.8 Å². The third-order valence-corrected chi connectivity index (χ3v) is 12.8. The first-order valence-corrected chi connectivity index (χ1v) is 17.8. The highest BCUT2D eigenvalue weighted by molar-refractivity contribution is 5.97. The zero-order chi connectivity index (χ0) is 40.0. The predicted molar refractivity (Wildman–Crippen MR) is 175 cm³/mol. The Balaban J connectivity index is 1.45. The van der Waals surface area contributed by atoms with Gasteiger partial charge in [-0.3, -0.25) is 9.59 Å². The summed E-state index contributed by atoms with van der Waals surface area (Å²) in [6, 6.07) is 0. The van der Waals surface area contributed by atoms with Crippen LogP contribution in [-0.4, -0.2) is 147 Å². The van der Waals surface area contributed by atoms with Crippen molar-refractivity contribution in [3.8, 4) is 0 Å². The Morgan fingerprint density at radius 1 is 1.02 bits per heavy atom. The molecule has 6 aliphatic rings. The molecule has 2 saturated carbocycles. The van der Waals surface area contributed by atoms with E-state index in [0.29, 0.717) is 0 Å². The number of aliphatic hydroxyl groups excluding tert-OH is 6. The number of methoxy groups -OCH3 is 1. The molecule has 6 rings (SSSR count). The zero-order valence-electron chi connectivity index (χ0n) is 30.9. The van der Waals surface area contributed by atoms with Crippen LogP contribution >= 0.6 is 0 Å². The lowest BCUT2D eigenvalue weighted by Crippen LogP contribution is -2.79. The number of allylic oxidation sites excluding steroid dienone is 2. The number of aliphatic hydroxyl groups is 6. The summed E-state index contributed by atoms with van der Waals surface area (Å²) in [5, 5.41) is 65.1. The molecular formula is C36H48O18. The molecule has 3 aliphatic heterocycles. The Labute approximate surface area is 309 Å². The number of Topliss-reactive ketones (excluding diaryl/α,β-unsaturated/α-hetero) is 1. The Kier molecular flexibility index (Phi) is 10.1. The molecule has 300 valence electrons. The second-order valence-corrected chi connectivity index (χ2v) is 16.0. The summed E-state index contributed by atoms with van der Waals surface area (Å²) in [7, 11) is 1.03. The third kappa shape index (κ3) is 5.63. The van der Waals surface area contributed by atoms with Gasteiger partial charge in [-0.2, -0.15) is 0 Å². The van der Waals surface area contributed by atoms with Crippen LogP contribution in [0.1, 0.15) is 48.0 Å². The highest BCUT2D eigenvalue weighted by Crippen LogP contribution is 2.72. The number of esters is 4. The van der Waals surface area contributed by atoms with Crippen LogP contribution in [0.15, 0.2) is 23.5 Å². The fourth-order valence-electron chi connectivity index (χ4n) is 10.1. The summed E-state index contributed by atoms with van der Waals surface area (Å²) in [5.41, 5.74) is -6.34. The van der Waals surface area contributed by atoms with Gasteiger partial charge in [-0.15, -0.1) is 0 Å². The molecule has 54 heavy (non-hydrogen) atoms. The maximum atomic E-state index is 13.9. The molecule has 0 unspecified atom stereocenters. The molecular weight excluding hydrogens is 720 g/mol. The molecule has 18 nitrogen and oxygen atoms in total. The molecule has 6 N–H and O–H groups in total. The van der Waals surface area contributed by atoms with Crippen LogP contribution in [0.25, 0.3) is 0 Å². The first kappa shape index (κ1) is 40.2. The van der Waals surface area contributed by atoms with Crippen LogP contribution in [0, 0.1) is 34.5 Å². The average Bonchev–Trinajstić information content (AvgIpc) is 3.41. The zero-order valence-corrected chi connectivity index (χ0v) is 30.9. The van der Waals surface area contributed by atoms with Gasteiger partial charge in [0.05, 0.1) is 32.3 Å². The summed E-state index contributed by atoms with van der Waals surface area (Å²) in [5.74, 6) is -9.12. The van der Waals surface area contributed by atoms with Gasteiger partial charge in [-0.1, -0.05) is 13.8 Å². The van der Waals surface area contributed by atoms with Crippen molar-refractivity contribution in [1.82, 2.24) is 0 Å². The van der Waals surface area contributed by atoms with Gasteiger partial charge in [0.2, 0.25) is 18.0 Å². The number of rotatable bonds is 8. The number of ether oxygens (including phenoxy) is 7. The smallest absolute Gasteiger partial charge is 0.348 e. The summed E-state index contributed by atoms with van der Waals surface area (Å²) in [6.07, 6.45) is -12.9. The Bertz CT molecular complexity index is 1650. The third-order valence-electron chi connectivity index (χ3n) is 12.8. The molecule has 2 bridgehead atoms. The molecule has 0 aromatic heterocycles. The lowest BCUT2D eigenvalue weighted by Gasteiger charge is -2.67. The van der Waals surface area contributed by atoms with Crippen molar-refractivity contribution in [1.29, 1.82) is 0 Å². The quantitative estimate of drug-likeness (QED) is 0.0881. The number of ketones is 1. The fraction of sp³-hybridized carbons (Fsp3) is 0.750. The lowest BCUT2D eigenvalue weighted by molar-refractivity contribution is -0.296. The van der Waals surface area contributed by atoms with Gasteiger partial charge in [0.25, 0.3) is 0 Å². The highest BCUT2D eigenvalue weighted by Gasteiger charge is 2.85. The molecule has 0 radical (unpaired) electrons. The molecule has 3 saturated heterocycles. The number of hydrogen-bond acceptors (Lipinski definition) is 18. The topological polar surface area (TPSA) is 271 Å². The van der Waals surface area contributed by atoms with E-state index in [4.69, 9.17) is 33.2 Å². The number of fused-ring (bicyclic) bond motifs is 2. The minimum Gasteiger partial charge on any atom is -0.467 e. The maximum absolute atomic E-state index is 13.9. The van der Waals surface area contributed by atoms with Gasteiger partial charge in [0, 0.05) is 30.3 Å². The minimum atomic E-state index is -2.43. The Hall–Kier alpha value is -3.49. The van der Waals surface area contributed by atoms with Gasteiger partial charge in [0.15, 0.2) is 11.5 Å². The molecule has 0 aromatic rings. The Morgan fingerprint density at radius 2 is 1.69 bits per heavy atom. The van der Waals surface area contributed by atoms with Crippen molar-refractivity contribution in [2.75, 3.05) is 20.3 Å².